The van der Waals surface area contributed by atoms with Crippen LogP contribution in [0, 0.1) is 0 Å². The molecule has 0 saturated carbocycles. The first-order valence-electron chi connectivity index (χ1n) is 34.3. The van der Waals surface area contributed by atoms with Crippen LogP contribution in [-0.2, 0) is 28.6 Å². The summed E-state index contributed by atoms with van der Waals surface area (Å²) < 4.78 is 16.9. The smallest absolute Gasteiger partial charge is 0.306 e. The summed E-state index contributed by atoms with van der Waals surface area (Å²) in [5.41, 5.74) is 0. The summed E-state index contributed by atoms with van der Waals surface area (Å²) in [5.74, 6) is -0.932. The lowest BCUT2D eigenvalue weighted by Crippen LogP contribution is -2.30. The summed E-state index contributed by atoms with van der Waals surface area (Å²) >= 11 is 0. The molecular formula is C72H130O6. The monoisotopic (exact) mass is 1090 g/mol. The van der Waals surface area contributed by atoms with Gasteiger partial charge >= 0.3 is 17.9 Å². The van der Waals surface area contributed by atoms with Crippen LogP contribution in [0.5, 0.6) is 0 Å². The Balaban J connectivity index is 4.16. The normalized spacial score (nSPS) is 12.4. The zero-order valence-corrected chi connectivity index (χ0v) is 52.2. The van der Waals surface area contributed by atoms with Gasteiger partial charge in [-0.15, -0.1) is 0 Å². The highest BCUT2D eigenvalue weighted by molar-refractivity contribution is 5.71. The van der Waals surface area contributed by atoms with E-state index in [1.54, 1.807) is 0 Å². The molecule has 0 amide bonds. The number of hydrogen-bond acceptors (Lipinski definition) is 6. The van der Waals surface area contributed by atoms with Crippen molar-refractivity contribution in [1.29, 1.82) is 0 Å². The zero-order valence-electron chi connectivity index (χ0n) is 52.2. The van der Waals surface area contributed by atoms with Crippen LogP contribution < -0.4 is 0 Å². The zero-order chi connectivity index (χ0) is 56.4. The molecule has 0 N–H and O–H groups in total. The number of unbranched alkanes of at least 4 members (excludes halogenated alkanes) is 42. The number of ether oxygens (including phenoxy) is 3. The van der Waals surface area contributed by atoms with Crippen molar-refractivity contribution in [3.05, 3.63) is 60.8 Å². The summed E-state index contributed by atoms with van der Waals surface area (Å²) in [6, 6.07) is 0. The molecular weight excluding hydrogens is 961 g/mol. The Kier molecular flexibility index (Phi) is 64.2. The maximum absolute atomic E-state index is 12.9. The Hall–Kier alpha value is -2.89. The summed E-state index contributed by atoms with van der Waals surface area (Å²) in [6.07, 6.45) is 85.6. The molecule has 6 heteroatoms. The van der Waals surface area contributed by atoms with Crippen molar-refractivity contribution in [2.75, 3.05) is 13.2 Å². The molecule has 0 aliphatic carbocycles. The fourth-order valence-electron chi connectivity index (χ4n) is 10.2. The molecule has 0 spiro atoms. The van der Waals surface area contributed by atoms with Gasteiger partial charge in [-0.2, -0.15) is 0 Å². The van der Waals surface area contributed by atoms with Crippen LogP contribution >= 0.6 is 0 Å². The Labute approximate surface area is 485 Å². The van der Waals surface area contributed by atoms with Crippen molar-refractivity contribution in [2.45, 2.75) is 367 Å². The summed E-state index contributed by atoms with van der Waals surface area (Å²) in [4.78, 5) is 38.3. The van der Waals surface area contributed by atoms with Gasteiger partial charge in [0.1, 0.15) is 13.2 Å². The third kappa shape index (κ3) is 63.9. The first-order chi connectivity index (χ1) is 38.5. The summed E-state index contributed by atoms with van der Waals surface area (Å²) in [7, 11) is 0. The maximum Gasteiger partial charge on any atom is 0.306 e. The standard InChI is InChI=1S/C72H130O6/c1-4-7-10-13-16-19-22-25-27-29-30-31-32-33-34-35-36-37-38-39-40-41-42-44-45-47-50-53-56-59-62-65-71(74)77-68-69(67-76-70(73)64-61-58-55-52-49-24-21-18-15-12-9-6-3)78-72(75)66-63-60-57-54-51-48-46-43-28-26-23-20-17-14-11-8-5-2/h8,11,17,20,26,28,46,48,54,57,69H,4-7,9-10,12-16,18-19,21-25,27,29-45,47,49-53,55-56,58-68H2,1-3H3/b11-8-,20-17-,28-26-,48-46-,57-54-. The molecule has 0 aromatic rings. The van der Waals surface area contributed by atoms with Gasteiger partial charge in [0.2, 0.25) is 0 Å². The maximum atomic E-state index is 12.9. The van der Waals surface area contributed by atoms with Crippen molar-refractivity contribution in [2.24, 2.45) is 0 Å². The molecule has 0 aliphatic heterocycles. The highest BCUT2D eigenvalue weighted by Gasteiger charge is 2.19. The largest absolute Gasteiger partial charge is 0.462 e. The van der Waals surface area contributed by atoms with E-state index in [1.807, 2.05) is 0 Å². The average molecular weight is 1090 g/mol. The predicted octanol–water partition coefficient (Wildman–Crippen LogP) is 23.5. The van der Waals surface area contributed by atoms with Gasteiger partial charge in [0.15, 0.2) is 6.10 Å². The van der Waals surface area contributed by atoms with Crippen LogP contribution in [0.2, 0.25) is 0 Å². The number of esters is 3. The van der Waals surface area contributed by atoms with Crippen molar-refractivity contribution in [1.82, 2.24) is 0 Å². The lowest BCUT2D eigenvalue weighted by atomic mass is 10.0. The van der Waals surface area contributed by atoms with Crippen molar-refractivity contribution in [3.63, 3.8) is 0 Å². The third-order valence-electron chi connectivity index (χ3n) is 15.3. The first-order valence-corrected chi connectivity index (χ1v) is 34.3. The van der Waals surface area contributed by atoms with Crippen LogP contribution in [0.25, 0.3) is 0 Å². The summed E-state index contributed by atoms with van der Waals surface area (Å²) in [6.45, 7) is 6.53. The minimum atomic E-state index is -0.801. The molecule has 0 aromatic heterocycles. The second-order valence-electron chi connectivity index (χ2n) is 23.1. The van der Waals surface area contributed by atoms with Gasteiger partial charge in [-0.3, -0.25) is 14.4 Å². The predicted molar refractivity (Wildman–Crippen MR) is 339 cm³/mol. The Morgan fingerprint density at radius 2 is 0.500 bits per heavy atom. The second-order valence-corrected chi connectivity index (χ2v) is 23.1. The fraction of sp³-hybridized carbons (Fsp3) is 0.819. The third-order valence-corrected chi connectivity index (χ3v) is 15.3. The molecule has 1 unspecified atom stereocenters. The van der Waals surface area contributed by atoms with Crippen LogP contribution in [-0.4, -0.2) is 37.2 Å². The van der Waals surface area contributed by atoms with E-state index in [1.165, 1.54) is 238 Å². The van der Waals surface area contributed by atoms with Crippen LogP contribution in [0.4, 0.5) is 0 Å². The van der Waals surface area contributed by atoms with Gasteiger partial charge in [0, 0.05) is 19.3 Å². The molecule has 0 aromatic carbocycles. The number of rotatable bonds is 63. The van der Waals surface area contributed by atoms with E-state index in [-0.39, 0.29) is 37.5 Å². The quantitative estimate of drug-likeness (QED) is 0.0261. The van der Waals surface area contributed by atoms with E-state index in [2.05, 4.69) is 81.5 Å². The molecule has 0 bridgehead atoms. The Morgan fingerprint density at radius 3 is 0.769 bits per heavy atom. The lowest BCUT2D eigenvalue weighted by molar-refractivity contribution is -0.167. The number of carbonyl (C=O) groups is 3. The number of carbonyl (C=O) groups excluding carboxylic acids is 3. The van der Waals surface area contributed by atoms with Gasteiger partial charge in [-0.05, 0) is 57.8 Å². The van der Waals surface area contributed by atoms with Crippen LogP contribution in [0.15, 0.2) is 60.8 Å². The highest BCUT2D eigenvalue weighted by Crippen LogP contribution is 2.18. The SMILES string of the molecule is CC/C=C\C/C=C\C/C=C\C/C=C\C/C=C\CCCC(=O)OC(COC(=O)CCCCCCCCCCCCCC)COC(=O)CCCCCCCCCCCCCCCCCCCCCCCCCCCCCCCCC. The molecule has 1 atom stereocenters. The molecule has 6 nitrogen and oxygen atoms in total. The Morgan fingerprint density at radius 1 is 0.269 bits per heavy atom. The van der Waals surface area contributed by atoms with Gasteiger partial charge in [-0.25, -0.2) is 0 Å². The minimum absolute atomic E-state index is 0.0924. The number of hydrogen-bond donors (Lipinski definition) is 0. The molecule has 78 heavy (non-hydrogen) atoms. The van der Waals surface area contributed by atoms with E-state index in [4.69, 9.17) is 14.2 Å². The van der Waals surface area contributed by atoms with Gasteiger partial charge in [-0.1, -0.05) is 345 Å². The molecule has 0 rings (SSSR count). The van der Waals surface area contributed by atoms with E-state index in [9.17, 15) is 14.4 Å². The minimum Gasteiger partial charge on any atom is -0.462 e. The van der Waals surface area contributed by atoms with E-state index in [0.717, 1.165) is 77.0 Å². The average Bonchev–Trinajstić information content (AvgIpc) is 3.44. The van der Waals surface area contributed by atoms with Gasteiger partial charge in [0.25, 0.3) is 0 Å². The molecule has 0 saturated heterocycles. The number of allylic oxidation sites excluding steroid dienone is 10. The lowest BCUT2D eigenvalue weighted by Gasteiger charge is -2.18. The molecule has 0 radical (unpaired) electrons. The molecule has 0 fully saturated rings. The van der Waals surface area contributed by atoms with E-state index in [0.29, 0.717) is 19.3 Å². The summed E-state index contributed by atoms with van der Waals surface area (Å²) in [5, 5.41) is 0. The van der Waals surface area contributed by atoms with Crippen molar-refractivity contribution in [3.8, 4) is 0 Å². The fourth-order valence-corrected chi connectivity index (χ4v) is 10.2. The first kappa shape index (κ1) is 75.1. The van der Waals surface area contributed by atoms with E-state index >= 15 is 0 Å². The van der Waals surface area contributed by atoms with E-state index < -0.39 is 6.10 Å². The molecule has 0 heterocycles. The van der Waals surface area contributed by atoms with Gasteiger partial charge < -0.3 is 14.2 Å². The molecule has 454 valence electrons. The highest BCUT2D eigenvalue weighted by atomic mass is 16.6. The van der Waals surface area contributed by atoms with Crippen LogP contribution in [0.3, 0.4) is 0 Å². The molecule has 0 aliphatic rings. The van der Waals surface area contributed by atoms with Gasteiger partial charge in [0.05, 0.1) is 0 Å². The Bertz CT molecular complexity index is 1390. The van der Waals surface area contributed by atoms with Crippen molar-refractivity contribution < 1.29 is 28.6 Å². The topological polar surface area (TPSA) is 78.9 Å². The van der Waals surface area contributed by atoms with Crippen LogP contribution in [0.1, 0.15) is 361 Å². The second kappa shape index (κ2) is 66.6. The van der Waals surface area contributed by atoms with Crippen molar-refractivity contribution >= 4 is 17.9 Å².